The molecule has 2 aromatic carbocycles. The average molecular weight is 507 g/mol. The third kappa shape index (κ3) is 5.20. The van der Waals surface area contributed by atoms with Gasteiger partial charge < -0.3 is 15.0 Å². The predicted molar refractivity (Wildman–Crippen MR) is 146 cm³/mol. The molecule has 1 atom stereocenters. The molecule has 1 amide bonds. The van der Waals surface area contributed by atoms with Crippen LogP contribution >= 0.6 is 0 Å². The van der Waals surface area contributed by atoms with Crippen LogP contribution in [0.2, 0.25) is 0 Å². The molecular formula is C29H35FN4O3. The fourth-order valence-electron chi connectivity index (χ4n) is 4.62. The van der Waals surface area contributed by atoms with Gasteiger partial charge in [0.1, 0.15) is 5.82 Å². The lowest BCUT2D eigenvalue weighted by atomic mass is 9.91. The lowest BCUT2D eigenvalue weighted by molar-refractivity contribution is -0.117. The monoisotopic (exact) mass is 506 g/mol. The molecule has 3 heterocycles. The Bertz CT molecular complexity index is 1360. The highest BCUT2D eigenvalue weighted by Crippen LogP contribution is 2.43. The number of nitrogens with one attached hydrogen (secondary N) is 1. The first-order valence-electron chi connectivity index (χ1n) is 12.7. The maximum Gasteiger partial charge on any atom is 0.294 e. The Hall–Kier alpha value is -3.78. The van der Waals surface area contributed by atoms with Gasteiger partial charge in [-0.2, -0.15) is 0 Å². The van der Waals surface area contributed by atoms with E-state index in [-0.39, 0.29) is 11.1 Å². The number of hydrogen-bond donors (Lipinski definition) is 2. The summed E-state index contributed by atoms with van der Waals surface area (Å²) in [6.07, 6.45) is 4.23. The van der Waals surface area contributed by atoms with Crippen molar-refractivity contribution in [1.82, 2.24) is 14.9 Å². The Balaban J connectivity index is 0.000000907. The van der Waals surface area contributed by atoms with E-state index in [0.717, 1.165) is 18.7 Å². The number of amides is 1. The predicted octanol–water partition coefficient (Wildman–Crippen LogP) is 5.96. The van der Waals surface area contributed by atoms with Crippen LogP contribution in [-0.4, -0.2) is 51.8 Å². The van der Waals surface area contributed by atoms with Gasteiger partial charge in [0, 0.05) is 29.9 Å². The van der Waals surface area contributed by atoms with Gasteiger partial charge in [-0.1, -0.05) is 52.0 Å². The van der Waals surface area contributed by atoms with Crippen molar-refractivity contribution < 1.29 is 19.1 Å². The van der Waals surface area contributed by atoms with Gasteiger partial charge in [-0.3, -0.25) is 14.5 Å². The van der Waals surface area contributed by atoms with Crippen LogP contribution in [0, 0.1) is 5.82 Å². The van der Waals surface area contributed by atoms with Crippen molar-refractivity contribution in [3.63, 3.8) is 0 Å². The van der Waals surface area contributed by atoms with Crippen LogP contribution in [-0.2, 0) is 9.59 Å². The summed E-state index contributed by atoms with van der Waals surface area (Å²) in [5, 5.41) is 10.6. The fourth-order valence-corrected chi connectivity index (χ4v) is 4.62. The van der Waals surface area contributed by atoms with Crippen LogP contribution < -0.4 is 4.90 Å². The summed E-state index contributed by atoms with van der Waals surface area (Å²) in [6.45, 7) is 10.8. The minimum atomic E-state index is -1.08. The first-order chi connectivity index (χ1) is 17.9. The number of nitrogens with zero attached hydrogens (tertiary/aromatic N) is 3. The minimum Gasteiger partial charge on any atom is -0.503 e. The highest BCUT2D eigenvalue weighted by atomic mass is 19.1. The summed E-state index contributed by atoms with van der Waals surface area (Å²) < 4.78 is 16.0. The normalized spacial score (nSPS) is 17.7. The first-order valence-corrected chi connectivity index (χ1v) is 12.7. The molecule has 1 unspecified atom stereocenters. The third-order valence-electron chi connectivity index (χ3n) is 6.35. The number of fused-ring (bicyclic) bond motifs is 1. The molecule has 37 heavy (non-hydrogen) atoms. The Labute approximate surface area is 217 Å². The van der Waals surface area contributed by atoms with Crippen molar-refractivity contribution in [2.75, 3.05) is 25.0 Å². The highest BCUT2D eigenvalue weighted by molar-refractivity contribution is 6.16. The molecule has 0 saturated heterocycles. The topological polar surface area (TPSA) is 89.5 Å². The Morgan fingerprint density at radius 3 is 2.54 bits per heavy atom. The van der Waals surface area contributed by atoms with E-state index < -0.39 is 29.3 Å². The van der Waals surface area contributed by atoms with Crippen LogP contribution in [0.25, 0.3) is 16.6 Å². The van der Waals surface area contributed by atoms with E-state index in [4.69, 9.17) is 0 Å². The summed E-state index contributed by atoms with van der Waals surface area (Å²) in [7, 11) is 2.01. The van der Waals surface area contributed by atoms with Crippen molar-refractivity contribution in [3.8, 4) is 0 Å². The second kappa shape index (κ2) is 12.0. The van der Waals surface area contributed by atoms with E-state index in [9.17, 15) is 14.7 Å². The van der Waals surface area contributed by atoms with Gasteiger partial charge in [0.25, 0.3) is 5.91 Å². The molecule has 3 aromatic rings. The summed E-state index contributed by atoms with van der Waals surface area (Å²) >= 11 is 0. The van der Waals surface area contributed by atoms with Crippen LogP contribution in [0.3, 0.4) is 0 Å². The van der Waals surface area contributed by atoms with Crippen LogP contribution in [0.15, 0.2) is 60.1 Å². The second-order valence-electron chi connectivity index (χ2n) is 8.45. The van der Waals surface area contributed by atoms with E-state index in [1.54, 1.807) is 36.4 Å². The van der Waals surface area contributed by atoms with Gasteiger partial charge in [-0.15, -0.1) is 0 Å². The number of carbonyl (C=O) groups excluding carboxylic acids is 2. The summed E-state index contributed by atoms with van der Waals surface area (Å²) in [5.74, 6) is -2.38. The molecule has 2 N–H and O–H groups in total. The van der Waals surface area contributed by atoms with Crippen molar-refractivity contribution in [3.05, 3.63) is 77.1 Å². The zero-order chi connectivity index (χ0) is 27.3. The maximum atomic E-state index is 16.0. The zero-order valence-corrected chi connectivity index (χ0v) is 22.3. The van der Waals surface area contributed by atoms with Gasteiger partial charge in [0.2, 0.25) is 0 Å². The Morgan fingerprint density at radius 2 is 1.89 bits per heavy atom. The quantitative estimate of drug-likeness (QED) is 0.456. The number of halogens is 1. The zero-order valence-electron chi connectivity index (χ0n) is 22.3. The number of hydrogen-bond acceptors (Lipinski definition) is 5. The molecule has 0 fully saturated rings. The lowest BCUT2D eigenvalue weighted by Gasteiger charge is -2.28. The second-order valence-corrected chi connectivity index (χ2v) is 8.45. The molecule has 196 valence electrons. The average Bonchev–Trinajstić information content (AvgIpc) is 3.49. The van der Waals surface area contributed by atoms with Crippen LogP contribution in [0.1, 0.15) is 58.2 Å². The summed E-state index contributed by atoms with van der Waals surface area (Å²) in [5.41, 5.74) is 3.20. The molecule has 2 aliphatic heterocycles. The molecule has 0 saturated carbocycles. The number of imidazole rings is 1. The molecule has 7 nitrogen and oxygen atoms in total. The van der Waals surface area contributed by atoms with Gasteiger partial charge in [-0.05, 0) is 44.2 Å². The number of aliphatic hydroxyl groups excluding tert-OH is 1. The number of aromatic nitrogens is 2. The number of carbonyl (C=O) groups is 2. The standard InChI is InChI=1S/C25H23FN4O3.2C2H6/c1-14(31)21-23(18-5-3-4-17(22(18)26)15-8-10-29(2)11-9-15)30(25(33)24(21)32)16-6-7-19-20(12-16)28-13-27-19;2*1-2/h3-8,12-13,23,32H,9-11H2,1-2H3,(H,27,28);2*1-2H3. The largest absolute Gasteiger partial charge is 0.503 e. The number of benzene rings is 2. The van der Waals surface area contributed by atoms with Crippen molar-refractivity contribution in [2.24, 2.45) is 0 Å². The molecule has 0 aliphatic carbocycles. The van der Waals surface area contributed by atoms with E-state index in [0.29, 0.717) is 28.7 Å². The van der Waals surface area contributed by atoms with E-state index >= 15 is 4.39 Å². The van der Waals surface area contributed by atoms with Gasteiger partial charge in [0.15, 0.2) is 11.5 Å². The molecule has 1 aromatic heterocycles. The van der Waals surface area contributed by atoms with Gasteiger partial charge >= 0.3 is 0 Å². The summed E-state index contributed by atoms with van der Waals surface area (Å²) in [6, 6.07) is 9.02. The molecule has 0 radical (unpaired) electrons. The SMILES string of the molecule is CC.CC.CC(=O)C1=C(O)C(=O)N(c2ccc3nc[nH]c3c2)C1c1cccc(C2=CCN(C)CC2)c1F. The Kier molecular flexibility index (Phi) is 8.99. The number of aliphatic hydroxyl groups is 1. The van der Waals surface area contributed by atoms with Gasteiger partial charge in [0.05, 0.1) is 29.0 Å². The van der Waals surface area contributed by atoms with E-state index in [1.165, 1.54) is 18.2 Å². The Morgan fingerprint density at radius 1 is 1.16 bits per heavy atom. The molecule has 2 aliphatic rings. The van der Waals surface area contributed by atoms with Gasteiger partial charge in [-0.25, -0.2) is 9.37 Å². The minimum absolute atomic E-state index is 0.113. The van der Waals surface area contributed by atoms with Crippen molar-refractivity contribution in [1.29, 1.82) is 0 Å². The number of likely N-dealkylation sites (N-methyl/N-ethyl adjacent to an activating group) is 1. The molecule has 8 heteroatoms. The molecular weight excluding hydrogens is 471 g/mol. The summed E-state index contributed by atoms with van der Waals surface area (Å²) in [4.78, 5) is 36.2. The van der Waals surface area contributed by atoms with Crippen molar-refractivity contribution in [2.45, 2.75) is 47.1 Å². The number of aromatic amines is 1. The van der Waals surface area contributed by atoms with Crippen molar-refractivity contribution >= 4 is 34.0 Å². The molecule has 0 bridgehead atoms. The first kappa shape index (κ1) is 27.8. The third-order valence-corrected chi connectivity index (χ3v) is 6.35. The molecule has 0 spiro atoms. The molecule has 5 rings (SSSR count). The fraction of sp³-hybridized carbons (Fsp3) is 0.345. The number of anilines is 1. The smallest absolute Gasteiger partial charge is 0.294 e. The lowest BCUT2D eigenvalue weighted by Crippen LogP contribution is -2.31. The van der Waals surface area contributed by atoms with E-state index in [2.05, 4.69) is 14.9 Å². The van der Waals surface area contributed by atoms with Crippen LogP contribution in [0.4, 0.5) is 10.1 Å². The highest BCUT2D eigenvalue weighted by Gasteiger charge is 2.44. The van der Waals surface area contributed by atoms with Crippen LogP contribution in [0.5, 0.6) is 0 Å². The number of Topliss-reactive ketones (excluding diaryl/α,β-unsaturated/α-hetero) is 1. The maximum absolute atomic E-state index is 16.0. The number of ketones is 1. The number of H-pyrrole nitrogens is 1. The van der Waals surface area contributed by atoms with E-state index in [1.807, 2.05) is 40.8 Å². The number of rotatable bonds is 4.